The Bertz CT molecular complexity index is 262. The van der Waals surface area contributed by atoms with Crippen molar-refractivity contribution in [3.63, 3.8) is 0 Å². The van der Waals surface area contributed by atoms with Gasteiger partial charge in [-0.3, -0.25) is 0 Å². The third-order valence-corrected chi connectivity index (χ3v) is 6.98. The Kier molecular flexibility index (Phi) is 12.1. The van der Waals surface area contributed by atoms with Gasteiger partial charge in [-0.05, 0) is 40.0 Å². The molecular formula is C16H36N2O4Si. The zero-order chi connectivity index (χ0) is 16.8. The van der Waals surface area contributed by atoms with Crippen LogP contribution in [0.3, 0.4) is 0 Å². The third-order valence-electron chi connectivity index (χ3n) is 3.83. The van der Waals surface area contributed by atoms with Crippen LogP contribution in [0.1, 0.15) is 40.0 Å². The molecule has 0 amide bonds. The lowest BCUT2D eigenvalue weighted by atomic mass is 10.1. The Morgan fingerprint density at radius 3 is 2.13 bits per heavy atom. The van der Waals surface area contributed by atoms with E-state index in [1.807, 2.05) is 20.8 Å². The maximum atomic E-state index is 5.84. The maximum Gasteiger partial charge on any atom is 0.501 e. The van der Waals surface area contributed by atoms with E-state index >= 15 is 0 Å². The first-order chi connectivity index (χ1) is 11.3. The Balaban J connectivity index is 2.10. The molecule has 0 aromatic carbocycles. The van der Waals surface area contributed by atoms with Crippen LogP contribution in [0.5, 0.6) is 0 Å². The van der Waals surface area contributed by atoms with Gasteiger partial charge >= 0.3 is 8.80 Å². The standard InChI is InChI=1S/C16H36N2O4Si/c1-4-20-23(21-5-2,22-6-3)14-8-13-19-12-7-9-16-15-17-10-11-18-16/h16-18H,4-15H2,1-3H3. The van der Waals surface area contributed by atoms with E-state index in [9.17, 15) is 0 Å². The molecule has 1 aliphatic rings. The maximum absolute atomic E-state index is 5.84. The average Bonchev–Trinajstić information content (AvgIpc) is 2.56. The van der Waals surface area contributed by atoms with Crippen molar-refractivity contribution in [2.45, 2.75) is 52.1 Å². The zero-order valence-electron chi connectivity index (χ0n) is 15.2. The van der Waals surface area contributed by atoms with Gasteiger partial charge in [-0.2, -0.15) is 0 Å². The predicted octanol–water partition coefficient (Wildman–Crippen LogP) is 1.78. The minimum absolute atomic E-state index is 0.598. The average molecular weight is 349 g/mol. The highest BCUT2D eigenvalue weighted by Gasteiger charge is 2.39. The lowest BCUT2D eigenvalue weighted by molar-refractivity contribution is 0.0656. The second-order valence-electron chi connectivity index (χ2n) is 5.70. The number of piperazine rings is 1. The molecule has 0 radical (unpaired) electrons. The summed E-state index contributed by atoms with van der Waals surface area (Å²) in [6.07, 6.45) is 3.20. The van der Waals surface area contributed by atoms with E-state index in [0.717, 1.165) is 51.7 Å². The molecule has 1 unspecified atom stereocenters. The topological polar surface area (TPSA) is 61.0 Å². The van der Waals surface area contributed by atoms with E-state index in [4.69, 9.17) is 18.0 Å². The van der Waals surface area contributed by atoms with E-state index in [-0.39, 0.29) is 0 Å². The van der Waals surface area contributed by atoms with Crippen LogP contribution in [0.2, 0.25) is 6.04 Å². The van der Waals surface area contributed by atoms with Gasteiger partial charge in [-0.15, -0.1) is 0 Å². The molecule has 2 N–H and O–H groups in total. The Labute approximate surface area is 143 Å². The summed E-state index contributed by atoms with van der Waals surface area (Å²) in [5, 5.41) is 6.93. The van der Waals surface area contributed by atoms with Gasteiger partial charge in [0.15, 0.2) is 0 Å². The van der Waals surface area contributed by atoms with Crippen molar-refractivity contribution in [2.75, 3.05) is 52.7 Å². The first-order valence-corrected chi connectivity index (χ1v) is 11.1. The second-order valence-corrected chi connectivity index (χ2v) is 8.43. The largest absolute Gasteiger partial charge is 0.501 e. The summed E-state index contributed by atoms with van der Waals surface area (Å²) >= 11 is 0. The molecule has 1 aliphatic heterocycles. The predicted molar refractivity (Wildman–Crippen MR) is 94.8 cm³/mol. The van der Waals surface area contributed by atoms with E-state index in [1.165, 1.54) is 6.42 Å². The van der Waals surface area contributed by atoms with E-state index in [0.29, 0.717) is 25.9 Å². The van der Waals surface area contributed by atoms with Gasteiger partial charge in [0.05, 0.1) is 0 Å². The minimum atomic E-state index is -2.49. The Hall–Kier alpha value is -0.0231. The molecule has 1 atom stereocenters. The number of nitrogens with one attached hydrogen (secondary N) is 2. The van der Waals surface area contributed by atoms with Crippen molar-refractivity contribution in [1.82, 2.24) is 10.6 Å². The molecule has 138 valence electrons. The highest BCUT2D eigenvalue weighted by molar-refractivity contribution is 6.60. The monoisotopic (exact) mass is 348 g/mol. The van der Waals surface area contributed by atoms with Crippen molar-refractivity contribution in [3.05, 3.63) is 0 Å². The fourth-order valence-electron chi connectivity index (χ4n) is 2.84. The van der Waals surface area contributed by atoms with Gasteiger partial charge in [0.2, 0.25) is 0 Å². The molecule has 0 aromatic heterocycles. The van der Waals surface area contributed by atoms with Crippen LogP contribution in [-0.2, 0) is 18.0 Å². The molecule has 0 spiro atoms. The highest BCUT2D eigenvalue weighted by Crippen LogP contribution is 2.18. The van der Waals surface area contributed by atoms with Crippen LogP contribution >= 0.6 is 0 Å². The normalized spacial score (nSPS) is 19.2. The van der Waals surface area contributed by atoms with Crippen LogP contribution in [0.15, 0.2) is 0 Å². The molecule has 1 fully saturated rings. The molecule has 23 heavy (non-hydrogen) atoms. The van der Waals surface area contributed by atoms with Crippen LogP contribution in [-0.4, -0.2) is 67.5 Å². The summed E-state index contributed by atoms with van der Waals surface area (Å²) in [6.45, 7) is 12.7. The first-order valence-electron chi connectivity index (χ1n) is 9.20. The summed E-state index contributed by atoms with van der Waals surface area (Å²) in [7, 11) is -2.49. The Morgan fingerprint density at radius 2 is 1.57 bits per heavy atom. The molecule has 6 nitrogen and oxygen atoms in total. The van der Waals surface area contributed by atoms with Crippen molar-refractivity contribution >= 4 is 8.80 Å². The molecular weight excluding hydrogens is 312 g/mol. The number of hydrogen-bond donors (Lipinski definition) is 2. The SMILES string of the molecule is CCO[Si](CCCOCCCC1CNCCN1)(OCC)OCC. The van der Waals surface area contributed by atoms with Crippen molar-refractivity contribution < 1.29 is 18.0 Å². The summed E-state index contributed by atoms with van der Waals surface area (Å²) < 4.78 is 23.3. The summed E-state index contributed by atoms with van der Waals surface area (Å²) in [4.78, 5) is 0. The van der Waals surface area contributed by atoms with Crippen molar-refractivity contribution in [2.24, 2.45) is 0 Å². The van der Waals surface area contributed by atoms with Crippen LogP contribution in [0, 0.1) is 0 Å². The molecule has 1 rings (SSSR count). The summed E-state index contributed by atoms with van der Waals surface area (Å²) in [5.74, 6) is 0. The van der Waals surface area contributed by atoms with Gasteiger partial charge in [-0.1, -0.05) is 0 Å². The van der Waals surface area contributed by atoms with E-state index in [2.05, 4.69) is 10.6 Å². The van der Waals surface area contributed by atoms with Crippen molar-refractivity contribution in [3.8, 4) is 0 Å². The smallest absolute Gasteiger partial charge is 0.381 e. The molecule has 0 saturated carbocycles. The van der Waals surface area contributed by atoms with E-state index < -0.39 is 8.80 Å². The summed E-state index contributed by atoms with van der Waals surface area (Å²) in [5.41, 5.74) is 0. The molecule has 0 aliphatic carbocycles. The Morgan fingerprint density at radius 1 is 0.913 bits per heavy atom. The second kappa shape index (κ2) is 13.3. The van der Waals surface area contributed by atoms with Gasteiger partial charge in [0, 0.05) is 64.8 Å². The number of hydrogen-bond acceptors (Lipinski definition) is 6. The molecule has 0 aromatic rings. The van der Waals surface area contributed by atoms with Gasteiger partial charge in [-0.25, -0.2) is 0 Å². The fourth-order valence-corrected chi connectivity index (χ4v) is 5.42. The molecule has 1 saturated heterocycles. The molecule has 1 heterocycles. The highest BCUT2D eigenvalue weighted by atomic mass is 28.4. The third kappa shape index (κ3) is 9.14. The lowest BCUT2D eigenvalue weighted by Gasteiger charge is -2.28. The van der Waals surface area contributed by atoms with Crippen LogP contribution in [0.25, 0.3) is 0 Å². The van der Waals surface area contributed by atoms with E-state index in [1.54, 1.807) is 0 Å². The fraction of sp³-hybridized carbons (Fsp3) is 1.00. The summed E-state index contributed by atoms with van der Waals surface area (Å²) in [6, 6.07) is 1.43. The van der Waals surface area contributed by atoms with Gasteiger partial charge in [0.1, 0.15) is 0 Å². The van der Waals surface area contributed by atoms with Crippen molar-refractivity contribution in [1.29, 1.82) is 0 Å². The zero-order valence-corrected chi connectivity index (χ0v) is 16.2. The van der Waals surface area contributed by atoms with Gasteiger partial charge in [0.25, 0.3) is 0 Å². The quantitative estimate of drug-likeness (QED) is 0.369. The first kappa shape index (κ1) is 21.0. The molecule has 0 bridgehead atoms. The number of rotatable bonds is 14. The lowest BCUT2D eigenvalue weighted by Crippen LogP contribution is -2.48. The van der Waals surface area contributed by atoms with Gasteiger partial charge < -0.3 is 28.6 Å². The minimum Gasteiger partial charge on any atom is -0.381 e. The van der Waals surface area contributed by atoms with Crippen LogP contribution in [0.4, 0.5) is 0 Å². The molecule has 7 heteroatoms. The van der Waals surface area contributed by atoms with Crippen LogP contribution < -0.4 is 10.6 Å². The number of ether oxygens (including phenoxy) is 1.